The highest BCUT2D eigenvalue weighted by Crippen LogP contribution is 2.14. The lowest BCUT2D eigenvalue weighted by Gasteiger charge is -2.27. The molecule has 0 aromatic carbocycles. The van der Waals surface area contributed by atoms with Gasteiger partial charge in [0.05, 0.1) is 0 Å². The number of thioether (sulfide) groups is 1. The molecule has 2 heterocycles. The molecule has 0 saturated carbocycles. The Bertz CT molecular complexity index is 478. The van der Waals surface area contributed by atoms with E-state index in [1.54, 1.807) is 4.57 Å². The van der Waals surface area contributed by atoms with Crippen LogP contribution < -0.4 is 11.0 Å². The minimum Gasteiger partial charge on any atom is -0.340 e. The molecule has 1 aliphatic heterocycles. The van der Waals surface area contributed by atoms with Gasteiger partial charge in [-0.15, -0.1) is 5.10 Å². The Labute approximate surface area is 115 Å². The zero-order chi connectivity index (χ0) is 13.7. The Kier molecular flexibility index (Phi) is 5.03. The van der Waals surface area contributed by atoms with Crippen LogP contribution in [0.3, 0.4) is 0 Å². The molecule has 1 aromatic rings. The molecular weight excluding hydrogens is 266 g/mol. The minimum atomic E-state index is -0.196. The number of aromatic nitrogens is 3. The molecular formula is C11H19N5O2S. The van der Waals surface area contributed by atoms with E-state index < -0.39 is 0 Å². The smallest absolute Gasteiger partial charge is 0.340 e. The van der Waals surface area contributed by atoms with Crippen molar-refractivity contribution in [2.75, 3.05) is 31.9 Å². The molecule has 0 spiro atoms. The molecule has 0 radical (unpaired) electrons. The molecule has 19 heavy (non-hydrogen) atoms. The third-order valence-electron chi connectivity index (χ3n) is 3.06. The standard InChI is InChI=1S/C11H19N5O2S/c1-2-16-10(18)13-14-11(16)19-8-3-9(17)15-6-4-12-5-7-15/h12H,2-8H2,1H3,(H,13,18). The first-order valence-electron chi connectivity index (χ1n) is 6.49. The molecule has 7 nitrogen and oxygen atoms in total. The van der Waals surface area contributed by atoms with Gasteiger partial charge in [0.15, 0.2) is 5.16 Å². The number of amides is 1. The second-order valence-electron chi connectivity index (χ2n) is 4.28. The zero-order valence-corrected chi connectivity index (χ0v) is 11.8. The number of carbonyl (C=O) groups excluding carboxylic acids is 1. The Morgan fingerprint density at radius 2 is 2.16 bits per heavy atom. The van der Waals surface area contributed by atoms with E-state index in [0.717, 1.165) is 26.2 Å². The Morgan fingerprint density at radius 3 is 2.84 bits per heavy atom. The number of piperazine rings is 1. The van der Waals surface area contributed by atoms with Crippen molar-refractivity contribution in [3.63, 3.8) is 0 Å². The molecule has 2 N–H and O–H groups in total. The number of hydrogen-bond acceptors (Lipinski definition) is 5. The molecule has 0 atom stereocenters. The summed E-state index contributed by atoms with van der Waals surface area (Å²) in [4.78, 5) is 25.2. The summed E-state index contributed by atoms with van der Waals surface area (Å²) < 4.78 is 1.57. The second kappa shape index (κ2) is 6.76. The predicted molar refractivity (Wildman–Crippen MR) is 73.3 cm³/mol. The number of rotatable bonds is 5. The van der Waals surface area contributed by atoms with Crippen LogP contribution in [0.4, 0.5) is 0 Å². The summed E-state index contributed by atoms with van der Waals surface area (Å²) in [6, 6.07) is 0. The second-order valence-corrected chi connectivity index (χ2v) is 5.35. The van der Waals surface area contributed by atoms with E-state index >= 15 is 0 Å². The van der Waals surface area contributed by atoms with Crippen LogP contribution in [-0.4, -0.2) is 57.5 Å². The van der Waals surface area contributed by atoms with E-state index in [1.807, 2.05) is 11.8 Å². The largest absolute Gasteiger partial charge is 0.343 e. The average molecular weight is 285 g/mol. The Hall–Kier alpha value is -1.28. The number of H-pyrrole nitrogens is 1. The monoisotopic (exact) mass is 285 g/mol. The molecule has 0 unspecified atom stereocenters. The molecule has 1 aromatic heterocycles. The third kappa shape index (κ3) is 3.60. The van der Waals surface area contributed by atoms with Gasteiger partial charge in [0.1, 0.15) is 0 Å². The molecule has 2 rings (SSSR count). The maximum atomic E-state index is 11.9. The van der Waals surface area contributed by atoms with Crippen LogP contribution in [0.5, 0.6) is 0 Å². The van der Waals surface area contributed by atoms with Gasteiger partial charge in [-0.05, 0) is 6.92 Å². The quantitative estimate of drug-likeness (QED) is 0.713. The van der Waals surface area contributed by atoms with Crippen LogP contribution in [-0.2, 0) is 11.3 Å². The van der Waals surface area contributed by atoms with Crippen molar-refractivity contribution in [3.05, 3.63) is 10.5 Å². The highest BCUT2D eigenvalue weighted by molar-refractivity contribution is 7.99. The zero-order valence-electron chi connectivity index (χ0n) is 11.0. The fourth-order valence-corrected chi connectivity index (χ4v) is 2.93. The van der Waals surface area contributed by atoms with Gasteiger partial charge in [-0.25, -0.2) is 9.89 Å². The number of nitrogens with one attached hydrogen (secondary N) is 2. The third-order valence-corrected chi connectivity index (χ3v) is 4.03. The van der Waals surface area contributed by atoms with Crippen molar-refractivity contribution in [2.45, 2.75) is 25.0 Å². The van der Waals surface area contributed by atoms with Crippen LogP contribution >= 0.6 is 11.8 Å². The molecule has 1 amide bonds. The van der Waals surface area contributed by atoms with Crippen LogP contribution in [0, 0.1) is 0 Å². The van der Waals surface area contributed by atoms with Crippen LogP contribution in [0.25, 0.3) is 0 Å². The number of carbonyl (C=O) groups is 1. The number of aromatic amines is 1. The van der Waals surface area contributed by atoms with E-state index in [4.69, 9.17) is 0 Å². The van der Waals surface area contributed by atoms with Gasteiger partial charge >= 0.3 is 5.69 Å². The van der Waals surface area contributed by atoms with Crippen LogP contribution in [0.2, 0.25) is 0 Å². The molecule has 1 fully saturated rings. The van der Waals surface area contributed by atoms with Crippen molar-refractivity contribution in [2.24, 2.45) is 0 Å². The fraction of sp³-hybridized carbons (Fsp3) is 0.727. The average Bonchev–Trinajstić information content (AvgIpc) is 2.80. The number of hydrogen-bond donors (Lipinski definition) is 2. The van der Waals surface area contributed by atoms with E-state index in [-0.39, 0.29) is 11.6 Å². The SMILES string of the molecule is CCn1c(SCCC(=O)N2CCNCC2)n[nH]c1=O. The van der Waals surface area contributed by atoms with Crippen molar-refractivity contribution in [1.82, 2.24) is 25.0 Å². The first-order valence-corrected chi connectivity index (χ1v) is 7.47. The summed E-state index contributed by atoms with van der Waals surface area (Å²) in [5.74, 6) is 0.822. The summed E-state index contributed by atoms with van der Waals surface area (Å²) in [5, 5.41) is 10.2. The highest BCUT2D eigenvalue weighted by Gasteiger charge is 2.16. The summed E-state index contributed by atoms with van der Waals surface area (Å²) >= 11 is 1.44. The van der Waals surface area contributed by atoms with E-state index in [2.05, 4.69) is 15.5 Å². The fourth-order valence-electron chi connectivity index (χ4n) is 1.99. The van der Waals surface area contributed by atoms with Gasteiger partial charge in [0.25, 0.3) is 0 Å². The van der Waals surface area contributed by atoms with E-state index in [1.165, 1.54) is 11.8 Å². The molecule has 8 heteroatoms. The normalized spacial score (nSPS) is 15.7. The van der Waals surface area contributed by atoms with Gasteiger partial charge in [-0.2, -0.15) is 0 Å². The topological polar surface area (TPSA) is 83.0 Å². The van der Waals surface area contributed by atoms with Gasteiger partial charge in [-0.3, -0.25) is 9.36 Å². The van der Waals surface area contributed by atoms with Crippen LogP contribution in [0.1, 0.15) is 13.3 Å². The van der Waals surface area contributed by atoms with Crippen molar-refractivity contribution in [1.29, 1.82) is 0 Å². The van der Waals surface area contributed by atoms with Gasteiger partial charge < -0.3 is 10.2 Å². The van der Waals surface area contributed by atoms with Gasteiger partial charge in [0.2, 0.25) is 5.91 Å². The van der Waals surface area contributed by atoms with Gasteiger partial charge in [-0.1, -0.05) is 11.8 Å². The summed E-state index contributed by atoms with van der Waals surface area (Å²) in [7, 11) is 0. The van der Waals surface area contributed by atoms with Crippen molar-refractivity contribution >= 4 is 17.7 Å². The Balaban J connectivity index is 1.79. The molecule has 0 aliphatic carbocycles. The molecule has 106 valence electrons. The lowest BCUT2D eigenvalue weighted by molar-refractivity contribution is -0.131. The number of nitrogens with zero attached hydrogens (tertiary/aromatic N) is 3. The molecule has 0 bridgehead atoms. The molecule has 1 aliphatic rings. The summed E-state index contributed by atoms with van der Waals surface area (Å²) in [5.41, 5.74) is -0.196. The van der Waals surface area contributed by atoms with Gasteiger partial charge in [0, 0.05) is 44.9 Å². The minimum absolute atomic E-state index is 0.176. The summed E-state index contributed by atoms with van der Waals surface area (Å²) in [6.45, 7) is 5.79. The van der Waals surface area contributed by atoms with Crippen molar-refractivity contribution in [3.8, 4) is 0 Å². The van der Waals surface area contributed by atoms with Crippen LogP contribution in [0.15, 0.2) is 9.95 Å². The maximum absolute atomic E-state index is 11.9. The van der Waals surface area contributed by atoms with Crippen molar-refractivity contribution < 1.29 is 4.79 Å². The lowest BCUT2D eigenvalue weighted by Crippen LogP contribution is -2.46. The van der Waals surface area contributed by atoms with E-state index in [0.29, 0.717) is 23.9 Å². The highest BCUT2D eigenvalue weighted by atomic mass is 32.2. The maximum Gasteiger partial charge on any atom is 0.343 e. The Morgan fingerprint density at radius 1 is 1.42 bits per heavy atom. The molecule has 1 saturated heterocycles. The van der Waals surface area contributed by atoms with E-state index in [9.17, 15) is 9.59 Å². The lowest BCUT2D eigenvalue weighted by atomic mass is 10.3. The predicted octanol–water partition coefficient (Wildman–Crippen LogP) is -0.495. The summed E-state index contributed by atoms with van der Waals surface area (Å²) in [6.07, 6.45) is 0.482. The first kappa shape index (κ1) is 14.1. The first-order chi connectivity index (χ1) is 9.22.